The van der Waals surface area contributed by atoms with Crippen molar-refractivity contribution >= 4 is 23.4 Å². The lowest BCUT2D eigenvalue weighted by molar-refractivity contribution is 0.788. The Hall–Kier alpha value is -1.07. The third-order valence-corrected chi connectivity index (χ3v) is 3.31. The van der Waals surface area contributed by atoms with Gasteiger partial charge in [-0.15, -0.1) is 10.2 Å². The van der Waals surface area contributed by atoms with Gasteiger partial charge in [-0.2, -0.15) is 0 Å². The molecule has 0 radical (unpaired) electrons. The van der Waals surface area contributed by atoms with E-state index < -0.39 is 0 Å². The molecule has 6 heteroatoms. The van der Waals surface area contributed by atoms with Crippen molar-refractivity contribution in [1.29, 1.82) is 0 Å². The Morgan fingerprint density at radius 3 is 2.93 bits per heavy atom. The molecule has 78 valence electrons. The van der Waals surface area contributed by atoms with E-state index in [2.05, 4.69) is 15.2 Å². The first-order valence-corrected chi connectivity index (χ1v) is 5.50. The number of rotatable bonds is 2. The molecule has 0 fully saturated rings. The predicted octanol–water partition coefficient (Wildman–Crippen LogP) is 2.32. The normalized spacial score (nSPS) is 10.6. The molecule has 0 unspecified atom stereocenters. The van der Waals surface area contributed by atoms with E-state index in [1.54, 1.807) is 12.5 Å². The van der Waals surface area contributed by atoms with Gasteiger partial charge in [0.1, 0.15) is 11.5 Å². The van der Waals surface area contributed by atoms with Crippen LogP contribution < -0.4 is 0 Å². The van der Waals surface area contributed by atoms with E-state index in [9.17, 15) is 0 Å². The maximum Gasteiger partial charge on any atom is 0.195 e. The first-order chi connectivity index (χ1) is 7.16. The summed E-state index contributed by atoms with van der Waals surface area (Å²) in [5, 5.41) is 9.13. The molecule has 2 aromatic rings. The molecule has 15 heavy (non-hydrogen) atoms. The molecule has 0 spiro atoms. The minimum Gasteiger partial charge on any atom is -0.311 e. The summed E-state index contributed by atoms with van der Waals surface area (Å²) in [5.41, 5.74) is 1.08. The maximum absolute atomic E-state index is 5.83. The molecule has 0 saturated heterocycles. The number of aromatic nitrogens is 4. The van der Waals surface area contributed by atoms with Crippen LogP contribution in [0.2, 0.25) is 5.15 Å². The van der Waals surface area contributed by atoms with Crippen LogP contribution in [-0.4, -0.2) is 19.7 Å². The summed E-state index contributed by atoms with van der Waals surface area (Å²) in [5.74, 6) is 0. The van der Waals surface area contributed by atoms with Crippen molar-refractivity contribution in [2.24, 2.45) is 7.05 Å². The fourth-order valence-electron chi connectivity index (χ4n) is 1.05. The summed E-state index contributed by atoms with van der Waals surface area (Å²) >= 11 is 7.36. The minimum absolute atomic E-state index is 0.491. The standard InChI is InChI=1S/C9H9ClN4S/c1-6-4-11-8(10)3-7(6)15-9-13-12-5-14(9)2/h3-5H,1-2H3. The Morgan fingerprint density at radius 1 is 1.47 bits per heavy atom. The van der Waals surface area contributed by atoms with Crippen molar-refractivity contribution in [2.75, 3.05) is 0 Å². The molecule has 2 aromatic heterocycles. The molecular formula is C9H9ClN4S. The SMILES string of the molecule is Cc1cnc(Cl)cc1Sc1nncn1C. The van der Waals surface area contributed by atoms with Gasteiger partial charge in [0, 0.05) is 18.1 Å². The summed E-state index contributed by atoms with van der Waals surface area (Å²) < 4.78 is 1.86. The second-order valence-corrected chi connectivity index (χ2v) is 4.50. The van der Waals surface area contributed by atoms with Crippen molar-refractivity contribution < 1.29 is 0 Å². The van der Waals surface area contributed by atoms with Crippen molar-refractivity contribution in [2.45, 2.75) is 17.0 Å². The molecule has 2 heterocycles. The van der Waals surface area contributed by atoms with Crippen molar-refractivity contribution in [3.63, 3.8) is 0 Å². The Balaban J connectivity index is 2.32. The van der Waals surface area contributed by atoms with Crippen molar-refractivity contribution in [3.05, 3.63) is 29.3 Å². The molecule has 0 aromatic carbocycles. The van der Waals surface area contributed by atoms with Crippen LogP contribution in [0.15, 0.2) is 28.6 Å². The second kappa shape index (κ2) is 4.20. The molecule has 0 atom stereocenters. The highest BCUT2D eigenvalue weighted by molar-refractivity contribution is 7.99. The molecule has 0 aliphatic heterocycles. The molecule has 0 bridgehead atoms. The molecule has 0 aliphatic carbocycles. The van der Waals surface area contributed by atoms with Crippen LogP contribution in [0.1, 0.15) is 5.56 Å². The van der Waals surface area contributed by atoms with Gasteiger partial charge in [0.05, 0.1) is 0 Å². The summed E-state index contributed by atoms with van der Waals surface area (Å²) in [6, 6.07) is 1.83. The zero-order chi connectivity index (χ0) is 10.8. The highest BCUT2D eigenvalue weighted by atomic mass is 35.5. The topological polar surface area (TPSA) is 43.6 Å². The predicted molar refractivity (Wildman–Crippen MR) is 59.1 cm³/mol. The zero-order valence-corrected chi connectivity index (χ0v) is 9.88. The number of hydrogen-bond acceptors (Lipinski definition) is 4. The third kappa shape index (κ3) is 2.30. The molecule has 2 rings (SSSR count). The summed E-state index contributed by atoms with van der Waals surface area (Å²) in [7, 11) is 1.90. The van der Waals surface area contributed by atoms with E-state index in [0.29, 0.717) is 5.15 Å². The molecule has 0 saturated carbocycles. The van der Waals surface area contributed by atoms with Crippen LogP contribution in [0, 0.1) is 6.92 Å². The van der Waals surface area contributed by atoms with Gasteiger partial charge < -0.3 is 4.57 Å². The first-order valence-electron chi connectivity index (χ1n) is 4.31. The van der Waals surface area contributed by atoms with Crippen LogP contribution in [0.5, 0.6) is 0 Å². The highest BCUT2D eigenvalue weighted by Crippen LogP contribution is 2.29. The van der Waals surface area contributed by atoms with Gasteiger partial charge in [-0.05, 0) is 30.3 Å². The van der Waals surface area contributed by atoms with Gasteiger partial charge >= 0.3 is 0 Å². The third-order valence-electron chi connectivity index (χ3n) is 1.89. The molecule has 0 aliphatic rings. The Labute approximate surface area is 96.7 Å². The van der Waals surface area contributed by atoms with Crippen LogP contribution in [0.25, 0.3) is 0 Å². The number of hydrogen-bond donors (Lipinski definition) is 0. The zero-order valence-electron chi connectivity index (χ0n) is 8.31. The van der Waals surface area contributed by atoms with Crippen LogP contribution >= 0.6 is 23.4 Å². The lowest BCUT2D eigenvalue weighted by atomic mass is 10.3. The van der Waals surface area contributed by atoms with E-state index in [0.717, 1.165) is 15.6 Å². The number of aryl methyl sites for hydroxylation is 2. The monoisotopic (exact) mass is 240 g/mol. The maximum atomic E-state index is 5.83. The highest BCUT2D eigenvalue weighted by Gasteiger charge is 2.07. The number of halogens is 1. The Morgan fingerprint density at radius 2 is 2.27 bits per heavy atom. The van der Waals surface area contributed by atoms with Crippen LogP contribution in [0.3, 0.4) is 0 Å². The van der Waals surface area contributed by atoms with Gasteiger partial charge in [0.2, 0.25) is 0 Å². The molecule has 0 N–H and O–H groups in total. The van der Waals surface area contributed by atoms with Gasteiger partial charge in [-0.3, -0.25) is 0 Å². The Bertz CT molecular complexity index is 483. The largest absolute Gasteiger partial charge is 0.311 e. The van der Waals surface area contributed by atoms with Gasteiger partial charge in [0.25, 0.3) is 0 Å². The van der Waals surface area contributed by atoms with E-state index in [1.165, 1.54) is 11.8 Å². The minimum atomic E-state index is 0.491. The summed E-state index contributed by atoms with van der Waals surface area (Å²) in [6.07, 6.45) is 3.42. The van der Waals surface area contributed by atoms with E-state index in [-0.39, 0.29) is 0 Å². The fourth-order valence-corrected chi connectivity index (χ4v) is 2.14. The van der Waals surface area contributed by atoms with E-state index >= 15 is 0 Å². The number of nitrogens with zero attached hydrogens (tertiary/aromatic N) is 4. The average Bonchev–Trinajstić information content (AvgIpc) is 2.58. The lowest BCUT2D eigenvalue weighted by Gasteiger charge is -2.04. The van der Waals surface area contributed by atoms with E-state index in [4.69, 9.17) is 11.6 Å². The summed E-state index contributed by atoms with van der Waals surface area (Å²) in [4.78, 5) is 5.05. The first kappa shape index (κ1) is 10.4. The van der Waals surface area contributed by atoms with Crippen molar-refractivity contribution in [1.82, 2.24) is 19.7 Å². The molecule has 0 amide bonds. The molecular weight excluding hydrogens is 232 g/mol. The van der Waals surface area contributed by atoms with Gasteiger partial charge in [-0.25, -0.2) is 4.98 Å². The fraction of sp³-hybridized carbons (Fsp3) is 0.222. The smallest absolute Gasteiger partial charge is 0.195 e. The summed E-state index contributed by atoms with van der Waals surface area (Å²) in [6.45, 7) is 1.99. The number of pyridine rings is 1. The molecule has 4 nitrogen and oxygen atoms in total. The van der Waals surface area contributed by atoms with Gasteiger partial charge in [-0.1, -0.05) is 11.6 Å². The van der Waals surface area contributed by atoms with Gasteiger partial charge in [0.15, 0.2) is 5.16 Å². The Kier molecular flexibility index (Phi) is 2.93. The van der Waals surface area contributed by atoms with Crippen molar-refractivity contribution in [3.8, 4) is 0 Å². The second-order valence-electron chi connectivity index (χ2n) is 3.10. The average molecular weight is 241 g/mol. The lowest BCUT2D eigenvalue weighted by Crippen LogP contribution is -1.90. The quantitative estimate of drug-likeness (QED) is 0.756. The van der Waals surface area contributed by atoms with Crippen LogP contribution in [0.4, 0.5) is 0 Å². The van der Waals surface area contributed by atoms with E-state index in [1.807, 2.05) is 24.6 Å². The van der Waals surface area contributed by atoms with Crippen LogP contribution in [-0.2, 0) is 7.05 Å².